The molecule has 0 saturated carbocycles. The number of pyridine rings is 1. The van der Waals surface area contributed by atoms with Gasteiger partial charge in [0.05, 0.1) is 10.3 Å². The van der Waals surface area contributed by atoms with E-state index in [1.807, 2.05) is 12.1 Å². The zero-order valence-corrected chi connectivity index (χ0v) is 12.6. The van der Waals surface area contributed by atoms with Gasteiger partial charge in [-0.3, -0.25) is 15.1 Å². The van der Waals surface area contributed by atoms with Crippen LogP contribution in [-0.4, -0.2) is 29.0 Å². The Kier molecular flexibility index (Phi) is 3.94. The number of nitro benzene ring substituents is 1. The summed E-state index contributed by atoms with van der Waals surface area (Å²) in [6.07, 6.45) is 5.42. The number of hydrogen-bond acceptors (Lipinski definition) is 5. The molecule has 116 valence electrons. The lowest BCUT2D eigenvalue weighted by Crippen LogP contribution is -2.46. The molecule has 1 aliphatic heterocycles. The Morgan fingerprint density at radius 2 is 2.23 bits per heavy atom. The number of nitrogens with two attached hydrogens (primary N) is 1. The third kappa shape index (κ3) is 2.50. The molecule has 1 aromatic heterocycles. The summed E-state index contributed by atoms with van der Waals surface area (Å²) in [5.41, 5.74) is 7.07. The molecule has 0 aliphatic carbocycles. The highest BCUT2D eigenvalue weighted by Crippen LogP contribution is 2.36. The first-order chi connectivity index (χ1) is 10.6. The van der Waals surface area contributed by atoms with Crippen LogP contribution in [0.1, 0.15) is 19.8 Å². The Morgan fingerprint density at radius 3 is 2.95 bits per heavy atom. The van der Waals surface area contributed by atoms with Crippen molar-refractivity contribution in [2.24, 2.45) is 11.7 Å². The van der Waals surface area contributed by atoms with Crippen LogP contribution >= 0.6 is 0 Å². The number of fused-ring (bicyclic) bond motifs is 1. The zero-order chi connectivity index (χ0) is 15.7. The van der Waals surface area contributed by atoms with E-state index in [1.165, 1.54) is 0 Å². The lowest BCUT2D eigenvalue weighted by molar-refractivity contribution is -0.383. The minimum absolute atomic E-state index is 0.0986. The summed E-state index contributed by atoms with van der Waals surface area (Å²) in [6.45, 7) is 3.77. The van der Waals surface area contributed by atoms with Crippen molar-refractivity contribution in [3.8, 4) is 0 Å². The van der Waals surface area contributed by atoms with E-state index in [1.54, 1.807) is 18.5 Å². The molecule has 1 aliphatic rings. The number of hydrogen-bond donors (Lipinski definition) is 1. The molecule has 6 nitrogen and oxygen atoms in total. The van der Waals surface area contributed by atoms with Crippen molar-refractivity contribution < 1.29 is 4.92 Å². The fraction of sp³-hybridized carbons (Fsp3) is 0.438. The molecule has 22 heavy (non-hydrogen) atoms. The number of nitro groups is 1. The van der Waals surface area contributed by atoms with Crippen LogP contribution in [0.25, 0.3) is 10.8 Å². The number of nitrogens with zero attached hydrogens (tertiary/aromatic N) is 3. The minimum Gasteiger partial charge on any atom is -0.367 e. The molecule has 0 radical (unpaired) electrons. The maximum absolute atomic E-state index is 11.2. The molecule has 2 unspecified atom stereocenters. The van der Waals surface area contributed by atoms with Crippen molar-refractivity contribution in [3.63, 3.8) is 0 Å². The van der Waals surface area contributed by atoms with Gasteiger partial charge in [-0.05, 0) is 30.9 Å². The molecule has 1 fully saturated rings. The first kappa shape index (κ1) is 14.7. The van der Waals surface area contributed by atoms with Crippen LogP contribution in [0, 0.1) is 16.0 Å². The summed E-state index contributed by atoms with van der Waals surface area (Å²) in [7, 11) is 0. The Balaban J connectivity index is 2.11. The van der Waals surface area contributed by atoms with E-state index < -0.39 is 0 Å². The van der Waals surface area contributed by atoms with Gasteiger partial charge in [0.1, 0.15) is 0 Å². The quantitative estimate of drug-likeness (QED) is 0.696. The van der Waals surface area contributed by atoms with Crippen LogP contribution in [0.2, 0.25) is 0 Å². The number of benzene rings is 1. The van der Waals surface area contributed by atoms with Gasteiger partial charge in [0.2, 0.25) is 0 Å². The number of non-ortho nitro benzene ring substituents is 1. The van der Waals surface area contributed by atoms with Gasteiger partial charge in [-0.2, -0.15) is 0 Å². The smallest absolute Gasteiger partial charge is 0.278 e. The first-order valence-corrected chi connectivity index (χ1v) is 7.59. The summed E-state index contributed by atoms with van der Waals surface area (Å²) in [5, 5.41) is 12.7. The van der Waals surface area contributed by atoms with Gasteiger partial charge in [0, 0.05) is 48.7 Å². The summed E-state index contributed by atoms with van der Waals surface area (Å²) in [5.74, 6) is 0.663. The largest absolute Gasteiger partial charge is 0.367 e. The molecule has 2 aromatic rings. The Labute approximate surface area is 129 Å². The van der Waals surface area contributed by atoms with Crippen LogP contribution in [0.3, 0.4) is 0 Å². The third-order valence-corrected chi connectivity index (χ3v) is 4.53. The van der Waals surface area contributed by atoms with Gasteiger partial charge in [-0.15, -0.1) is 0 Å². The molecule has 2 atom stereocenters. The third-order valence-electron chi connectivity index (χ3n) is 4.53. The van der Waals surface area contributed by atoms with E-state index in [9.17, 15) is 10.1 Å². The average molecular weight is 300 g/mol. The van der Waals surface area contributed by atoms with Crippen LogP contribution in [0.4, 0.5) is 11.4 Å². The van der Waals surface area contributed by atoms with Crippen LogP contribution in [0.15, 0.2) is 30.6 Å². The van der Waals surface area contributed by atoms with Gasteiger partial charge in [0.15, 0.2) is 0 Å². The van der Waals surface area contributed by atoms with Crippen molar-refractivity contribution in [1.82, 2.24) is 4.98 Å². The summed E-state index contributed by atoms with van der Waals surface area (Å²) in [4.78, 5) is 17.2. The maximum Gasteiger partial charge on any atom is 0.278 e. The predicted molar refractivity (Wildman–Crippen MR) is 87.0 cm³/mol. The molecule has 2 heterocycles. The van der Waals surface area contributed by atoms with E-state index in [4.69, 9.17) is 5.73 Å². The molecule has 3 rings (SSSR count). The van der Waals surface area contributed by atoms with E-state index in [-0.39, 0.29) is 16.7 Å². The Hall–Kier alpha value is -2.21. The SMILES string of the molecule is CC1CCN(c2ccc([N+](=O)[O-])c3cnccc23)C(CN)C1. The number of piperidine rings is 1. The molecular weight excluding hydrogens is 280 g/mol. The van der Waals surface area contributed by atoms with E-state index in [0.29, 0.717) is 17.8 Å². The van der Waals surface area contributed by atoms with Crippen molar-refractivity contribution >= 4 is 22.1 Å². The summed E-state index contributed by atoms with van der Waals surface area (Å²) >= 11 is 0. The van der Waals surface area contributed by atoms with Crippen LogP contribution in [0.5, 0.6) is 0 Å². The van der Waals surface area contributed by atoms with Crippen molar-refractivity contribution in [2.75, 3.05) is 18.0 Å². The fourth-order valence-electron chi connectivity index (χ4n) is 3.36. The standard InChI is InChI=1S/C16H20N4O2/c1-11-5-7-19(12(8-11)9-17)15-2-3-16(20(21)22)14-10-18-6-4-13(14)15/h2-4,6,10-12H,5,7-9,17H2,1H3. The molecule has 0 bridgehead atoms. The molecule has 2 N–H and O–H groups in total. The van der Waals surface area contributed by atoms with Crippen molar-refractivity contribution in [1.29, 1.82) is 0 Å². The van der Waals surface area contributed by atoms with E-state index >= 15 is 0 Å². The monoisotopic (exact) mass is 300 g/mol. The lowest BCUT2D eigenvalue weighted by Gasteiger charge is -2.40. The Morgan fingerprint density at radius 1 is 1.41 bits per heavy atom. The highest BCUT2D eigenvalue weighted by Gasteiger charge is 2.27. The second-order valence-corrected chi connectivity index (χ2v) is 5.99. The highest BCUT2D eigenvalue weighted by molar-refractivity contribution is 5.99. The Bertz CT molecular complexity index is 704. The summed E-state index contributed by atoms with van der Waals surface area (Å²) in [6, 6.07) is 5.55. The van der Waals surface area contributed by atoms with Gasteiger partial charge in [0.25, 0.3) is 5.69 Å². The topological polar surface area (TPSA) is 85.3 Å². The molecule has 1 saturated heterocycles. The lowest BCUT2D eigenvalue weighted by atomic mass is 9.91. The van der Waals surface area contributed by atoms with Crippen molar-refractivity contribution in [3.05, 3.63) is 40.7 Å². The van der Waals surface area contributed by atoms with Gasteiger partial charge >= 0.3 is 0 Å². The second-order valence-electron chi connectivity index (χ2n) is 5.99. The van der Waals surface area contributed by atoms with Crippen molar-refractivity contribution in [2.45, 2.75) is 25.8 Å². The number of rotatable bonds is 3. The molecular formula is C16H20N4O2. The van der Waals surface area contributed by atoms with E-state index in [2.05, 4.69) is 16.8 Å². The minimum atomic E-state index is -0.355. The first-order valence-electron chi connectivity index (χ1n) is 7.59. The molecule has 0 spiro atoms. The van der Waals surface area contributed by atoms with Crippen LogP contribution in [-0.2, 0) is 0 Å². The number of aromatic nitrogens is 1. The van der Waals surface area contributed by atoms with Gasteiger partial charge in [-0.1, -0.05) is 6.92 Å². The zero-order valence-electron chi connectivity index (χ0n) is 12.6. The fourth-order valence-corrected chi connectivity index (χ4v) is 3.36. The van der Waals surface area contributed by atoms with Gasteiger partial charge < -0.3 is 10.6 Å². The molecule has 6 heteroatoms. The average Bonchev–Trinajstić information content (AvgIpc) is 2.53. The van der Waals surface area contributed by atoms with E-state index in [0.717, 1.165) is 30.5 Å². The van der Waals surface area contributed by atoms with Crippen LogP contribution < -0.4 is 10.6 Å². The normalized spacial score (nSPS) is 22.0. The number of anilines is 1. The summed E-state index contributed by atoms with van der Waals surface area (Å²) < 4.78 is 0. The molecule has 0 amide bonds. The highest BCUT2D eigenvalue weighted by atomic mass is 16.6. The predicted octanol–water partition coefficient (Wildman–Crippen LogP) is 2.71. The second kappa shape index (κ2) is 5.88. The maximum atomic E-state index is 11.2. The van der Waals surface area contributed by atoms with Gasteiger partial charge in [-0.25, -0.2) is 0 Å². The molecule has 1 aromatic carbocycles.